The molecule has 1 saturated carbocycles. The normalized spacial score (nSPS) is 19.6. The van der Waals surface area contributed by atoms with Crippen molar-refractivity contribution >= 4 is 5.91 Å². The smallest absolute Gasteiger partial charge is 0.258 e. The Kier molecular flexibility index (Phi) is 6.50. The maximum Gasteiger partial charge on any atom is 0.258 e. The van der Waals surface area contributed by atoms with Crippen molar-refractivity contribution < 1.29 is 14.3 Å². The summed E-state index contributed by atoms with van der Waals surface area (Å²) < 4.78 is 11.5. The predicted molar refractivity (Wildman–Crippen MR) is 101 cm³/mol. The van der Waals surface area contributed by atoms with Crippen LogP contribution in [0.5, 0.6) is 11.5 Å². The Morgan fingerprint density at radius 2 is 1.54 bits per heavy atom. The lowest BCUT2D eigenvalue weighted by molar-refractivity contribution is -0.124. The van der Waals surface area contributed by atoms with Crippen LogP contribution >= 0.6 is 0 Å². The van der Waals surface area contributed by atoms with Gasteiger partial charge in [0.25, 0.3) is 5.91 Å². The van der Waals surface area contributed by atoms with Crippen molar-refractivity contribution in [2.24, 2.45) is 5.73 Å². The summed E-state index contributed by atoms with van der Waals surface area (Å²) in [5.41, 5.74) is 6.98. The van der Waals surface area contributed by atoms with E-state index >= 15 is 0 Å². The van der Waals surface area contributed by atoms with Crippen LogP contribution in [0.25, 0.3) is 0 Å². The van der Waals surface area contributed by atoms with Crippen LogP contribution in [0, 0.1) is 0 Å². The van der Waals surface area contributed by atoms with Gasteiger partial charge in [-0.2, -0.15) is 0 Å². The summed E-state index contributed by atoms with van der Waals surface area (Å²) in [6.45, 7) is 0.435. The van der Waals surface area contributed by atoms with Gasteiger partial charge in [-0.15, -0.1) is 0 Å². The molecule has 0 atom stereocenters. The first-order valence-corrected chi connectivity index (χ1v) is 9.14. The number of carbonyl (C=O) groups is 1. The van der Waals surface area contributed by atoms with Gasteiger partial charge in [0.1, 0.15) is 6.61 Å². The van der Waals surface area contributed by atoms with Crippen LogP contribution in [0.2, 0.25) is 0 Å². The summed E-state index contributed by atoms with van der Waals surface area (Å²) in [7, 11) is 0. The molecule has 0 unspecified atom stereocenters. The zero-order valence-electron chi connectivity index (χ0n) is 14.9. The summed E-state index contributed by atoms with van der Waals surface area (Å²) in [4.78, 5) is 12.1. The topological polar surface area (TPSA) is 73.6 Å². The summed E-state index contributed by atoms with van der Waals surface area (Å²) >= 11 is 0. The van der Waals surface area contributed by atoms with Crippen molar-refractivity contribution in [1.82, 2.24) is 5.32 Å². The highest BCUT2D eigenvalue weighted by molar-refractivity contribution is 5.77. The molecule has 1 aliphatic carbocycles. The lowest BCUT2D eigenvalue weighted by Crippen LogP contribution is -2.42. The van der Waals surface area contributed by atoms with Crippen LogP contribution < -0.4 is 20.5 Å². The van der Waals surface area contributed by atoms with E-state index < -0.39 is 0 Å². The maximum absolute atomic E-state index is 12.1. The molecule has 0 bridgehead atoms. The Bertz CT molecular complexity index is 697. The molecule has 0 saturated heterocycles. The molecule has 0 aliphatic heterocycles. The van der Waals surface area contributed by atoms with Crippen molar-refractivity contribution in [3.8, 4) is 11.5 Å². The van der Waals surface area contributed by atoms with E-state index in [4.69, 9.17) is 15.2 Å². The molecule has 2 aromatic carbocycles. The molecule has 0 spiro atoms. The van der Waals surface area contributed by atoms with Gasteiger partial charge in [0.05, 0.1) is 0 Å². The number of hydrogen-bond donors (Lipinski definition) is 2. The van der Waals surface area contributed by atoms with Crippen molar-refractivity contribution in [3.05, 3.63) is 60.2 Å². The van der Waals surface area contributed by atoms with Crippen molar-refractivity contribution in [3.63, 3.8) is 0 Å². The quantitative estimate of drug-likeness (QED) is 0.801. The van der Waals surface area contributed by atoms with Gasteiger partial charge in [0, 0.05) is 12.1 Å². The first-order valence-electron chi connectivity index (χ1n) is 9.14. The van der Waals surface area contributed by atoms with E-state index in [-0.39, 0.29) is 24.6 Å². The monoisotopic (exact) mass is 354 g/mol. The summed E-state index contributed by atoms with van der Waals surface area (Å²) in [5, 5.41) is 3.03. The van der Waals surface area contributed by atoms with Crippen LogP contribution in [0.1, 0.15) is 31.2 Å². The molecular weight excluding hydrogens is 328 g/mol. The first kappa shape index (κ1) is 18.3. The minimum absolute atomic E-state index is 0.0196. The third-order valence-electron chi connectivity index (χ3n) is 4.58. The summed E-state index contributed by atoms with van der Waals surface area (Å²) in [6.07, 6.45) is 3.79. The van der Waals surface area contributed by atoms with E-state index in [9.17, 15) is 4.79 Å². The van der Waals surface area contributed by atoms with E-state index in [0.29, 0.717) is 18.1 Å². The molecule has 3 N–H and O–H groups in total. The van der Waals surface area contributed by atoms with E-state index in [2.05, 4.69) is 5.32 Å². The molecule has 5 heteroatoms. The highest BCUT2D eigenvalue weighted by Crippen LogP contribution is 2.27. The van der Waals surface area contributed by atoms with E-state index in [1.807, 2.05) is 54.6 Å². The van der Waals surface area contributed by atoms with Gasteiger partial charge in [-0.3, -0.25) is 4.79 Å². The number of amides is 1. The minimum Gasteiger partial charge on any atom is -0.485 e. The lowest BCUT2D eigenvalue weighted by Gasteiger charge is -2.26. The molecule has 2 aromatic rings. The third-order valence-corrected chi connectivity index (χ3v) is 4.58. The molecule has 0 radical (unpaired) electrons. The van der Waals surface area contributed by atoms with E-state index in [1.165, 1.54) is 0 Å². The zero-order valence-corrected chi connectivity index (χ0v) is 14.9. The molecule has 1 aliphatic rings. The fourth-order valence-electron chi connectivity index (χ4n) is 3.10. The number of carbonyl (C=O) groups excluding carboxylic acids is 1. The van der Waals surface area contributed by atoms with Crippen molar-refractivity contribution in [2.75, 3.05) is 6.61 Å². The Labute approximate surface area is 154 Å². The average Bonchev–Trinajstić information content (AvgIpc) is 2.68. The molecule has 26 heavy (non-hydrogen) atoms. The molecule has 1 fully saturated rings. The van der Waals surface area contributed by atoms with Crippen molar-refractivity contribution in [1.29, 1.82) is 0 Å². The Balaban J connectivity index is 1.49. The predicted octanol–water partition coefficient (Wildman–Crippen LogP) is 3.03. The molecule has 138 valence electrons. The number of nitrogens with one attached hydrogen (secondary N) is 1. The number of nitrogens with two attached hydrogens (primary N) is 1. The first-order chi connectivity index (χ1) is 12.7. The highest BCUT2D eigenvalue weighted by Gasteiger charge is 2.20. The van der Waals surface area contributed by atoms with Gasteiger partial charge in [-0.05, 0) is 43.4 Å². The van der Waals surface area contributed by atoms with E-state index in [1.54, 1.807) is 0 Å². The largest absolute Gasteiger partial charge is 0.485 e. The zero-order chi connectivity index (χ0) is 18.2. The number of benzene rings is 2. The Morgan fingerprint density at radius 1 is 0.923 bits per heavy atom. The van der Waals surface area contributed by atoms with Crippen LogP contribution in [-0.2, 0) is 11.4 Å². The average molecular weight is 354 g/mol. The van der Waals surface area contributed by atoms with Gasteiger partial charge < -0.3 is 20.5 Å². The van der Waals surface area contributed by atoms with Gasteiger partial charge >= 0.3 is 0 Å². The van der Waals surface area contributed by atoms with Crippen LogP contribution in [-0.4, -0.2) is 24.6 Å². The second-order valence-electron chi connectivity index (χ2n) is 6.69. The lowest BCUT2D eigenvalue weighted by atomic mass is 9.92. The standard InChI is InChI=1S/C21H26N2O3/c22-17-10-12-18(13-11-17)23-21(24)15-26-20-9-5-4-8-19(20)25-14-16-6-2-1-3-7-16/h1-9,17-18H,10-15,22H2,(H,23,24). The Morgan fingerprint density at radius 3 is 2.23 bits per heavy atom. The Hall–Kier alpha value is -2.53. The summed E-state index contributed by atoms with van der Waals surface area (Å²) in [5.74, 6) is 1.10. The van der Waals surface area contributed by atoms with Crippen molar-refractivity contribution in [2.45, 2.75) is 44.4 Å². The van der Waals surface area contributed by atoms with Gasteiger partial charge in [0.15, 0.2) is 18.1 Å². The molecular formula is C21H26N2O3. The molecule has 0 heterocycles. The number of rotatable bonds is 7. The van der Waals surface area contributed by atoms with Gasteiger partial charge in [-0.1, -0.05) is 42.5 Å². The second kappa shape index (κ2) is 9.25. The SMILES string of the molecule is NC1CCC(NC(=O)COc2ccccc2OCc2ccccc2)CC1. The number of para-hydroxylation sites is 2. The molecule has 5 nitrogen and oxygen atoms in total. The van der Waals surface area contributed by atoms with Crippen LogP contribution in [0.15, 0.2) is 54.6 Å². The highest BCUT2D eigenvalue weighted by atomic mass is 16.5. The second-order valence-corrected chi connectivity index (χ2v) is 6.69. The third kappa shape index (κ3) is 5.49. The molecule has 0 aromatic heterocycles. The maximum atomic E-state index is 12.1. The number of ether oxygens (including phenoxy) is 2. The minimum atomic E-state index is -0.108. The fourth-order valence-corrected chi connectivity index (χ4v) is 3.10. The van der Waals surface area contributed by atoms with Gasteiger partial charge in [-0.25, -0.2) is 0 Å². The fraction of sp³-hybridized carbons (Fsp3) is 0.381. The molecule has 3 rings (SSSR count). The van der Waals surface area contributed by atoms with Crippen LogP contribution in [0.4, 0.5) is 0 Å². The summed E-state index contributed by atoms with van der Waals surface area (Å²) in [6, 6.07) is 17.8. The number of hydrogen-bond acceptors (Lipinski definition) is 4. The van der Waals surface area contributed by atoms with E-state index in [0.717, 1.165) is 31.2 Å². The van der Waals surface area contributed by atoms with Gasteiger partial charge in [0.2, 0.25) is 0 Å². The molecule has 1 amide bonds. The van der Waals surface area contributed by atoms with Crippen LogP contribution in [0.3, 0.4) is 0 Å².